The van der Waals surface area contributed by atoms with E-state index in [0.29, 0.717) is 63.0 Å². The Morgan fingerprint density at radius 2 is 1.90 bits per heavy atom. The minimum Gasteiger partial charge on any atom is -0.382 e. The molecule has 7 nitrogen and oxygen atoms in total. The fourth-order valence-electron chi connectivity index (χ4n) is 6.13. The van der Waals surface area contributed by atoms with Crippen LogP contribution in [0.15, 0.2) is 34.9 Å². The number of thiazole rings is 1. The number of hydrogen-bond donors (Lipinski definition) is 1. The second-order valence-corrected chi connectivity index (χ2v) is 12.7. The zero-order valence-electron chi connectivity index (χ0n) is 21.2. The Morgan fingerprint density at radius 1 is 1.18 bits per heavy atom. The van der Waals surface area contributed by atoms with Crippen molar-refractivity contribution in [2.75, 3.05) is 13.2 Å². The molecule has 11 heteroatoms. The molecule has 3 heterocycles. The Morgan fingerprint density at radius 3 is 2.58 bits per heavy atom. The normalized spacial score (nSPS) is 26.2. The lowest BCUT2D eigenvalue weighted by atomic mass is 9.66. The minimum atomic E-state index is -1.27. The molecule has 1 saturated heterocycles. The van der Waals surface area contributed by atoms with Crippen molar-refractivity contribution in [3.05, 3.63) is 68.1 Å². The summed E-state index contributed by atoms with van der Waals surface area (Å²) < 4.78 is 33.3. The molecule has 3 fully saturated rings. The van der Waals surface area contributed by atoms with Gasteiger partial charge in [-0.05, 0) is 49.9 Å². The van der Waals surface area contributed by atoms with Crippen LogP contribution in [0.3, 0.4) is 0 Å². The molecule has 2 aliphatic carbocycles. The van der Waals surface area contributed by atoms with Gasteiger partial charge in [-0.3, -0.25) is 0 Å². The number of halogens is 3. The smallest absolute Gasteiger partial charge is 0.151 e. The van der Waals surface area contributed by atoms with Gasteiger partial charge in [-0.1, -0.05) is 34.4 Å². The molecule has 3 aliphatic rings. The molecular weight excluding hydrogens is 576 g/mol. The summed E-state index contributed by atoms with van der Waals surface area (Å²) >= 11 is 14.2. The molecule has 4 aromatic rings. The van der Waals surface area contributed by atoms with Gasteiger partial charge in [-0.2, -0.15) is 5.26 Å². The summed E-state index contributed by atoms with van der Waals surface area (Å²) in [6.07, 6.45) is 3.01. The summed E-state index contributed by atoms with van der Waals surface area (Å²) in [7, 11) is 0. The fourth-order valence-corrected chi connectivity index (χ4v) is 7.97. The van der Waals surface area contributed by atoms with Gasteiger partial charge in [0.25, 0.3) is 0 Å². The molecule has 2 aromatic heterocycles. The molecule has 1 N–H and O–H groups in total. The van der Waals surface area contributed by atoms with Crippen LogP contribution in [0.2, 0.25) is 10.0 Å². The van der Waals surface area contributed by atoms with Crippen molar-refractivity contribution in [2.24, 2.45) is 11.8 Å². The molecule has 1 aliphatic heterocycles. The minimum absolute atomic E-state index is 0.146. The quantitative estimate of drug-likeness (QED) is 0.255. The van der Waals surface area contributed by atoms with Crippen molar-refractivity contribution in [1.29, 1.82) is 5.26 Å². The number of nitriles is 1. The average molecular weight is 600 g/mol. The van der Waals surface area contributed by atoms with Crippen molar-refractivity contribution in [1.82, 2.24) is 10.1 Å². The second-order valence-electron chi connectivity index (χ2n) is 10.8. The number of aliphatic hydroxyl groups is 1. The molecule has 206 valence electrons. The summed E-state index contributed by atoms with van der Waals surface area (Å²) in [4.78, 5) is 4.52. The van der Waals surface area contributed by atoms with Crippen LogP contribution in [0.4, 0.5) is 4.39 Å². The van der Waals surface area contributed by atoms with E-state index in [1.165, 1.54) is 17.4 Å². The van der Waals surface area contributed by atoms with Crippen LogP contribution in [0.5, 0.6) is 0 Å². The summed E-state index contributed by atoms with van der Waals surface area (Å²) in [5.41, 5.74) is 1.22. The Kier molecular flexibility index (Phi) is 6.62. The third-order valence-electron chi connectivity index (χ3n) is 8.33. The van der Waals surface area contributed by atoms with Crippen molar-refractivity contribution < 1.29 is 23.5 Å². The molecule has 7 rings (SSSR count). The zero-order chi connectivity index (χ0) is 27.6. The first-order valence-corrected chi connectivity index (χ1v) is 14.8. The lowest BCUT2D eigenvalue weighted by molar-refractivity contribution is -0.209. The van der Waals surface area contributed by atoms with E-state index >= 15 is 0 Å². The Bertz CT molecular complexity index is 1630. The van der Waals surface area contributed by atoms with Crippen LogP contribution in [-0.2, 0) is 21.7 Å². The molecule has 2 aromatic carbocycles. The van der Waals surface area contributed by atoms with Crippen LogP contribution in [-0.4, -0.2) is 34.6 Å². The number of hydrogen-bond acceptors (Lipinski definition) is 8. The van der Waals surface area contributed by atoms with Crippen LogP contribution in [0.25, 0.3) is 21.5 Å². The van der Waals surface area contributed by atoms with Gasteiger partial charge in [-0.25, -0.2) is 9.37 Å². The van der Waals surface area contributed by atoms with Gasteiger partial charge in [0.15, 0.2) is 5.82 Å². The first-order chi connectivity index (χ1) is 19.4. The van der Waals surface area contributed by atoms with Gasteiger partial charge in [-0.15, -0.1) is 11.3 Å². The Labute approximate surface area is 243 Å². The van der Waals surface area contributed by atoms with Gasteiger partial charge >= 0.3 is 0 Å². The highest BCUT2D eigenvalue weighted by atomic mass is 35.5. The number of benzene rings is 2. The van der Waals surface area contributed by atoms with Crippen LogP contribution >= 0.6 is 34.5 Å². The van der Waals surface area contributed by atoms with Gasteiger partial charge in [0, 0.05) is 28.9 Å². The summed E-state index contributed by atoms with van der Waals surface area (Å²) in [5.74, 6) is -0.00609. The first-order valence-electron chi connectivity index (χ1n) is 13.2. The highest BCUT2D eigenvalue weighted by molar-refractivity contribution is 7.18. The van der Waals surface area contributed by atoms with Crippen molar-refractivity contribution >= 4 is 44.8 Å². The summed E-state index contributed by atoms with van der Waals surface area (Å²) in [6.45, 7) is 0.963. The number of fused-ring (bicyclic) bond motifs is 3. The second kappa shape index (κ2) is 10.1. The van der Waals surface area contributed by atoms with Crippen LogP contribution in [0.1, 0.15) is 53.5 Å². The Hall–Kier alpha value is -2.58. The predicted octanol–water partition coefficient (Wildman–Crippen LogP) is 6.98. The van der Waals surface area contributed by atoms with E-state index < -0.39 is 11.4 Å². The van der Waals surface area contributed by atoms with E-state index in [4.69, 9.17) is 37.2 Å². The molecule has 2 atom stereocenters. The lowest BCUT2D eigenvalue weighted by Gasteiger charge is -2.50. The van der Waals surface area contributed by atoms with E-state index in [-0.39, 0.29) is 35.6 Å². The Balaban J connectivity index is 1.15. The monoisotopic (exact) mass is 599 g/mol. The third-order valence-corrected chi connectivity index (χ3v) is 10.1. The fraction of sp³-hybridized carbons (Fsp3) is 0.414. The zero-order valence-corrected chi connectivity index (χ0v) is 23.5. The highest BCUT2D eigenvalue weighted by Crippen LogP contribution is 2.52. The summed E-state index contributed by atoms with van der Waals surface area (Å²) in [5, 5.41) is 27.1. The SMILES string of the molecule is N#Cc1cc(F)c2nc(C3(O)C4COCC3CC(OCc3c(-c5c(Cl)cccc5Cl)noc3C3CC3)C4)sc2c1. The van der Waals surface area contributed by atoms with Crippen molar-refractivity contribution in [3.63, 3.8) is 0 Å². The molecule has 0 amide bonds. The van der Waals surface area contributed by atoms with E-state index in [0.717, 1.165) is 24.2 Å². The van der Waals surface area contributed by atoms with Gasteiger partial charge in [0.05, 0.1) is 52.3 Å². The molecule has 0 spiro atoms. The number of rotatable bonds is 6. The predicted molar refractivity (Wildman–Crippen MR) is 148 cm³/mol. The van der Waals surface area contributed by atoms with E-state index in [9.17, 15) is 14.8 Å². The topological polar surface area (TPSA) is 101 Å². The standard InChI is InChI=1S/C29H24Cl2FN3O4S/c30-20-2-1-3-21(31)24(20)25-19(27(39-35-25)15-4-5-15)13-38-18-8-16-11-37-12-17(9-18)29(16,36)28-34-26-22(32)6-14(10-33)7-23(26)40-28/h1-3,6-7,15-18,36H,4-5,8-9,11-13H2. The maximum Gasteiger partial charge on any atom is 0.151 e. The van der Waals surface area contributed by atoms with E-state index in [2.05, 4.69) is 10.1 Å². The van der Waals surface area contributed by atoms with E-state index in [1.54, 1.807) is 24.3 Å². The molecule has 2 bridgehead atoms. The molecule has 2 saturated carbocycles. The third kappa shape index (κ3) is 4.33. The van der Waals surface area contributed by atoms with Crippen molar-refractivity contribution in [3.8, 4) is 17.3 Å². The first kappa shape index (κ1) is 26.3. The van der Waals surface area contributed by atoms with Gasteiger partial charge < -0.3 is 19.1 Å². The maximum atomic E-state index is 14.7. The molecule has 0 radical (unpaired) electrons. The lowest BCUT2D eigenvalue weighted by Crippen LogP contribution is -2.55. The number of aromatic nitrogens is 2. The van der Waals surface area contributed by atoms with Crippen LogP contribution in [0, 0.1) is 29.0 Å². The van der Waals surface area contributed by atoms with E-state index in [1.807, 2.05) is 6.07 Å². The number of ether oxygens (including phenoxy) is 2. The highest BCUT2D eigenvalue weighted by Gasteiger charge is 2.55. The summed E-state index contributed by atoms with van der Waals surface area (Å²) in [6, 6.07) is 10.1. The van der Waals surface area contributed by atoms with Gasteiger partial charge in [0.1, 0.15) is 27.6 Å². The largest absolute Gasteiger partial charge is 0.382 e. The molecule has 40 heavy (non-hydrogen) atoms. The number of nitrogens with zero attached hydrogens (tertiary/aromatic N) is 3. The molecule has 2 unspecified atom stereocenters. The van der Waals surface area contributed by atoms with Crippen LogP contribution < -0.4 is 0 Å². The van der Waals surface area contributed by atoms with Gasteiger partial charge in [0.2, 0.25) is 0 Å². The molecular formula is C29H24Cl2FN3O4S. The maximum absolute atomic E-state index is 14.7. The van der Waals surface area contributed by atoms with Crippen molar-refractivity contribution in [2.45, 2.75) is 49.9 Å². The average Bonchev–Trinajstić information content (AvgIpc) is 3.53.